The second-order valence-electron chi connectivity index (χ2n) is 5.39. The summed E-state index contributed by atoms with van der Waals surface area (Å²) in [5, 5.41) is 14.8. The number of benzene rings is 2. The van der Waals surface area contributed by atoms with Crippen LogP contribution >= 0.6 is 0 Å². The predicted molar refractivity (Wildman–Crippen MR) is 96.8 cm³/mol. The lowest BCUT2D eigenvalue weighted by atomic mass is 10.1. The second kappa shape index (κ2) is 9.09. The van der Waals surface area contributed by atoms with Crippen LogP contribution in [0.5, 0.6) is 5.75 Å². The van der Waals surface area contributed by atoms with Crippen molar-refractivity contribution in [3.63, 3.8) is 0 Å². The van der Waals surface area contributed by atoms with Gasteiger partial charge in [-0.05, 0) is 30.7 Å². The third-order valence-electron chi connectivity index (χ3n) is 3.49. The maximum Gasteiger partial charge on any atom is 0.343 e. The van der Waals surface area contributed by atoms with Gasteiger partial charge in [0.25, 0.3) is 11.6 Å². The van der Waals surface area contributed by atoms with E-state index >= 15 is 0 Å². The fourth-order valence-corrected chi connectivity index (χ4v) is 2.06. The van der Waals surface area contributed by atoms with Gasteiger partial charge < -0.3 is 9.47 Å². The lowest BCUT2D eigenvalue weighted by molar-refractivity contribution is -0.385. The van der Waals surface area contributed by atoms with Crippen LogP contribution in [0, 0.1) is 17.0 Å². The number of hydrogen-bond donors (Lipinski definition) is 1. The van der Waals surface area contributed by atoms with Gasteiger partial charge in [-0.25, -0.2) is 10.2 Å². The molecule has 0 radical (unpaired) electrons. The molecule has 0 saturated heterocycles. The Morgan fingerprint density at radius 1 is 1.26 bits per heavy atom. The summed E-state index contributed by atoms with van der Waals surface area (Å²) in [5.74, 6) is -0.647. The molecule has 0 aliphatic rings. The number of nitro groups is 1. The lowest BCUT2D eigenvalue weighted by Crippen LogP contribution is -2.17. The van der Waals surface area contributed by atoms with Crippen LogP contribution < -0.4 is 10.2 Å². The molecule has 0 spiro atoms. The van der Waals surface area contributed by atoms with Gasteiger partial charge in [0, 0.05) is 17.2 Å². The Morgan fingerprint density at radius 3 is 2.74 bits per heavy atom. The zero-order chi connectivity index (χ0) is 19.8. The van der Waals surface area contributed by atoms with Gasteiger partial charge >= 0.3 is 5.97 Å². The number of hydrazone groups is 1. The summed E-state index contributed by atoms with van der Waals surface area (Å²) in [6.45, 7) is 1.37. The van der Waals surface area contributed by atoms with Crippen LogP contribution in [0.2, 0.25) is 0 Å². The highest BCUT2D eigenvalue weighted by Gasteiger charge is 2.14. The molecule has 9 heteroatoms. The molecule has 2 rings (SSSR count). The maximum atomic E-state index is 12.1. The van der Waals surface area contributed by atoms with Crippen molar-refractivity contribution in [1.29, 1.82) is 0 Å². The fraction of sp³-hybridized carbons (Fsp3) is 0.167. The smallest absolute Gasteiger partial charge is 0.343 e. The van der Waals surface area contributed by atoms with Gasteiger partial charge in [-0.2, -0.15) is 5.10 Å². The van der Waals surface area contributed by atoms with E-state index in [1.807, 2.05) is 0 Å². The quantitative estimate of drug-likeness (QED) is 0.345. The first-order chi connectivity index (χ1) is 12.9. The van der Waals surface area contributed by atoms with Crippen LogP contribution in [0.1, 0.15) is 21.5 Å². The third kappa shape index (κ3) is 5.63. The summed E-state index contributed by atoms with van der Waals surface area (Å²) in [6, 6.07) is 10.9. The summed E-state index contributed by atoms with van der Waals surface area (Å²) in [5.41, 5.74) is 3.37. The highest BCUT2D eigenvalue weighted by molar-refractivity contribution is 5.95. The molecule has 27 heavy (non-hydrogen) atoms. The molecule has 9 nitrogen and oxygen atoms in total. The Balaban J connectivity index is 2.01. The number of rotatable bonds is 7. The number of ether oxygens (including phenoxy) is 2. The molecule has 140 valence electrons. The number of hydrogen-bond acceptors (Lipinski definition) is 7. The zero-order valence-electron chi connectivity index (χ0n) is 14.7. The van der Waals surface area contributed by atoms with Crippen molar-refractivity contribution < 1.29 is 24.0 Å². The SMILES string of the molecule is COC(=O)COc1cccc(/C=N\NC(=O)c2ccc(C)c([N+](=O)[O-])c2)c1. The van der Waals surface area contributed by atoms with Crippen molar-refractivity contribution >= 4 is 23.8 Å². The van der Waals surface area contributed by atoms with Crippen molar-refractivity contribution in [3.8, 4) is 5.75 Å². The van der Waals surface area contributed by atoms with E-state index in [0.29, 0.717) is 16.9 Å². The summed E-state index contributed by atoms with van der Waals surface area (Å²) < 4.78 is 9.74. The second-order valence-corrected chi connectivity index (χ2v) is 5.39. The average molecular weight is 371 g/mol. The molecule has 0 aliphatic carbocycles. The number of esters is 1. The van der Waals surface area contributed by atoms with E-state index in [1.54, 1.807) is 31.2 Å². The van der Waals surface area contributed by atoms with Crippen molar-refractivity contribution in [2.75, 3.05) is 13.7 Å². The fourth-order valence-electron chi connectivity index (χ4n) is 2.06. The van der Waals surface area contributed by atoms with Gasteiger partial charge in [-0.1, -0.05) is 18.2 Å². The summed E-state index contributed by atoms with van der Waals surface area (Å²) in [7, 11) is 1.26. The number of nitrogens with zero attached hydrogens (tertiary/aromatic N) is 2. The van der Waals surface area contributed by atoms with Crippen LogP contribution in [0.4, 0.5) is 5.69 Å². The molecule has 0 aliphatic heterocycles. The van der Waals surface area contributed by atoms with Gasteiger partial charge in [-0.15, -0.1) is 0 Å². The van der Waals surface area contributed by atoms with Crippen molar-refractivity contribution in [1.82, 2.24) is 5.43 Å². The maximum absolute atomic E-state index is 12.1. The molecular weight excluding hydrogens is 354 g/mol. The molecule has 0 saturated carbocycles. The zero-order valence-corrected chi connectivity index (χ0v) is 14.7. The molecule has 0 bridgehead atoms. The standard InChI is InChI=1S/C18H17N3O6/c1-12-6-7-14(9-16(12)21(24)25)18(23)20-19-10-13-4-3-5-15(8-13)27-11-17(22)26-2/h3-10H,11H2,1-2H3,(H,20,23)/b19-10-. The Kier molecular flexibility index (Phi) is 6.59. The number of carbonyl (C=O) groups is 2. The van der Waals surface area contributed by atoms with E-state index in [4.69, 9.17) is 4.74 Å². The van der Waals surface area contributed by atoms with E-state index in [0.717, 1.165) is 0 Å². The van der Waals surface area contributed by atoms with Crippen LogP contribution in [0.3, 0.4) is 0 Å². The Bertz CT molecular complexity index is 894. The largest absolute Gasteiger partial charge is 0.482 e. The molecule has 0 unspecified atom stereocenters. The molecule has 2 aromatic rings. The van der Waals surface area contributed by atoms with Gasteiger partial charge in [0.15, 0.2) is 6.61 Å². The van der Waals surface area contributed by atoms with Crippen molar-refractivity contribution in [3.05, 3.63) is 69.3 Å². The van der Waals surface area contributed by atoms with Crippen LogP contribution in [-0.4, -0.2) is 36.7 Å². The minimum atomic E-state index is -0.576. The van der Waals surface area contributed by atoms with Gasteiger partial charge in [0.05, 0.1) is 18.2 Å². The van der Waals surface area contributed by atoms with E-state index in [-0.39, 0.29) is 17.9 Å². The third-order valence-corrected chi connectivity index (χ3v) is 3.49. The first kappa shape index (κ1) is 19.6. The van der Waals surface area contributed by atoms with E-state index < -0.39 is 16.8 Å². The molecule has 0 aromatic heterocycles. The summed E-state index contributed by atoms with van der Waals surface area (Å²) in [6.07, 6.45) is 1.38. The number of carbonyl (C=O) groups excluding carboxylic acids is 2. The topological polar surface area (TPSA) is 120 Å². The Hall–Kier alpha value is -3.75. The first-order valence-electron chi connectivity index (χ1n) is 7.79. The van der Waals surface area contributed by atoms with Gasteiger partial charge in [0.2, 0.25) is 0 Å². The minimum absolute atomic E-state index is 0.125. The molecule has 2 aromatic carbocycles. The van der Waals surface area contributed by atoms with Crippen LogP contribution in [0.15, 0.2) is 47.6 Å². The Labute approximate surface area is 154 Å². The molecule has 0 fully saturated rings. The van der Waals surface area contributed by atoms with E-state index in [9.17, 15) is 19.7 Å². The van der Waals surface area contributed by atoms with Crippen LogP contribution in [0.25, 0.3) is 0 Å². The Morgan fingerprint density at radius 2 is 2.04 bits per heavy atom. The molecule has 0 atom stereocenters. The summed E-state index contributed by atoms with van der Waals surface area (Å²) in [4.78, 5) is 33.5. The first-order valence-corrected chi connectivity index (χ1v) is 7.79. The molecule has 1 amide bonds. The van der Waals surface area contributed by atoms with E-state index in [2.05, 4.69) is 15.3 Å². The van der Waals surface area contributed by atoms with Crippen molar-refractivity contribution in [2.24, 2.45) is 5.10 Å². The highest BCUT2D eigenvalue weighted by atomic mass is 16.6. The van der Waals surface area contributed by atoms with E-state index in [1.165, 1.54) is 31.5 Å². The molecular formula is C18H17N3O6. The van der Waals surface area contributed by atoms with Crippen LogP contribution in [-0.2, 0) is 9.53 Å². The summed E-state index contributed by atoms with van der Waals surface area (Å²) >= 11 is 0. The van der Waals surface area contributed by atoms with Gasteiger partial charge in [0.1, 0.15) is 5.75 Å². The number of nitrogens with one attached hydrogen (secondary N) is 1. The minimum Gasteiger partial charge on any atom is -0.482 e. The average Bonchev–Trinajstić information content (AvgIpc) is 2.66. The number of aryl methyl sites for hydroxylation is 1. The number of nitro benzene ring substituents is 1. The molecule has 0 heterocycles. The number of amides is 1. The predicted octanol–water partition coefficient (Wildman–Crippen LogP) is 2.22. The normalized spacial score (nSPS) is 10.4. The lowest BCUT2D eigenvalue weighted by Gasteiger charge is -2.05. The number of methoxy groups -OCH3 is 1. The van der Waals surface area contributed by atoms with Gasteiger partial charge in [-0.3, -0.25) is 14.9 Å². The van der Waals surface area contributed by atoms with Crippen molar-refractivity contribution in [2.45, 2.75) is 6.92 Å². The molecule has 1 N–H and O–H groups in total. The highest BCUT2D eigenvalue weighted by Crippen LogP contribution is 2.19. The monoisotopic (exact) mass is 371 g/mol.